The molecule has 0 radical (unpaired) electrons. The van der Waals surface area contributed by atoms with Gasteiger partial charge < -0.3 is 4.79 Å². The van der Waals surface area contributed by atoms with Crippen molar-refractivity contribution >= 4 is 33.4 Å². The highest BCUT2D eigenvalue weighted by Crippen LogP contribution is 2.63. The SMILES string of the molecule is [3HH].[3H][3H].[3H][3H].[3H][3H].[3H][3H].[3H][3H].[3H][3H].[3H][3H].[3H][3H].[3H][3H].[3H][3H].[3H][3H].[3H][3H].[3H][3H].[3H][3H].[3H][3H].[3H][3H].[3H][3H].[3H][3H].[3H][3H].[3H][3H].[3H][3H].[3H][3H].[3H][3H].[3H][3H].[3H][3H].[3H][3H].[3H][3H].[3H][3H].[3H][3H].[3H][3H].[3H][3H].[3H][3H].[3H][3H].[3H][3H].[3H][3H].[3H][3H].[3H][3H].[3H][3H].[3H][3H].[3H][3H].[3H][3H].[3H][3H].[3H][3H].[3H][3H].[3H][3H].[3H][3H].[3H][3H].[3H][3H].[3H][3H].[3H][3H].[3H][3H].[3H][3H].[3H][3H].[3H][3H].[3H][3H].[3H][3H].[3H][3H].[3H][3H].[3H][3H].[3H][3H].[3H][3H].[3H][3H].[3H][3H].[3H][3H].[3H][3H].[3H][3H].[3H][3H].[3H][3H].[3H][3H].[3H][3H].[3H][3H].[3H][3H].[3H][3H].[3H][3H].[3H][3H].[3H][3H].[3H][3H].[3H][3H].[3H][3H].[3H][3H].[3H][3H].[3H][3H].[3H][3H].[3H][3H].[C-]#[N+]C1=C[C@@]2(C)c3nc(-c4ccnc5ccccc45)nc(-c4ccccc4F)c3CC[C@@H]2[C@@H](C)C1=O.[C-]#[N+][C@]12O[C@H]1[C@@]1(C)c3nc(-c4ccnc5ccccc45)nc(-c4ccccc4F)c3CC[C@@H]1[C@@H](C)C2=O. The van der Waals surface area contributed by atoms with E-state index in [-0.39, 0.29) is 54.0 Å². The highest BCUT2D eigenvalue weighted by Gasteiger charge is 2.83. The molecule has 4 aliphatic carbocycles. The van der Waals surface area contributed by atoms with E-state index in [4.69, 9.17) is 287 Å². The number of ether oxygens (including phenoxy) is 1. The zero-order valence-corrected chi connectivity index (χ0v) is 40.4. The maximum Gasteiger partial charge on any atom is 0.424 e. The van der Waals surface area contributed by atoms with Gasteiger partial charge in [-0.15, -0.1) is 0 Å². The van der Waals surface area contributed by atoms with Crippen molar-refractivity contribution in [3.8, 4) is 45.3 Å². The van der Waals surface area contributed by atoms with Crippen molar-refractivity contribution < 1.29 is 274 Å². The first-order chi connectivity index (χ1) is 119. The van der Waals surface area contributed by atoms with Gasteiger partial charge in [0.05, 0.1) is 45.8 Å². The van der Waals surface area contributed by atoms with Gasteiger partial charge in [0.2, 0.25) is 5.70 Å². The van der Waals surface area contributed by atoms with Crippen LogP contribution in [0.1, 0.15) is 314 Å². The molecule has 1 saturated carbocycles. The summed E-state index contributed by atoms with van der Waals surface area (Å²) in [6.45, 7) is 23.3. The van der Waals surface area contributed by atoms with Crippen molar-refractivity contribution in [1.29, 1.82) is 0 Å². The van der Waals surface area contributed by atoms with E-state index in [1.807, 2.05) is 74.5 Å². The highest BCUT2D eigenvalue weighted by molar-refractivity contribution is 6.01. The minimum atomic E-state index is -1.45. The number of carbonyl (C=O) groups is 2. The van der Waals surface area contributed by atoms with Crippen LogP contribution in [0.5, 0.6) is 0 Å². The summed E-state index contributed by atoms with van der Waals surface area (Å²) >= 11 is 0. The number of aromatic nitrogens is 6. The number of hydrogen-bond acceptors (Lipinski definition) is 9. The molecule has 0 N–H and O–H groups in total. The van der Waals surface area contributed by atoms with Crippen LogP contribution in [0.4, 0.5) is 8.78 Å². The first-order valence-corrected chi connectivity index (χ1v) is 24.6. The van der Waals surface area contributed by atoms with Crippen LogP contribution in [0.15, 0.2) is 133 Å². The predicted octanol–water partition coefficient (Wildman–Crippen LogP) is 32.8. The van der Waals surface area contributed by atoms with Gasteiger partial charge >= 0.3 is 5.72 Å². The number of halogens is 2. The van der Waals surface area contributed by atoms with Gasteiger partial charge in [0.15, 0.2) is 23.5 Å². The number of nitrogens with zero attached hydrogens (tertiary/aromatic N) is 8. The van der Waals surface area contributed by atoms with Gasteiger partial charge in [-0.3, -0.25) is 24.3 Å². The number of ketones is 2. The smallest absolute Gasteiger partial charge is 0.308 e. The zero-order valence-electron chi connectivity index (χ0n) is 208. The molecule has 11 nitrogen and oxygen atoms in total. The van der Waals surface area contributed by atoms with Crippen LogP contribution >= 0.6 is 0 Å². The second-order valence-electron chi connectivity index (χ2n) is 20.3. The lowest BCUT2D eigenvalue weighted by Crippen LogP contribution is -2.55. The number of pyridine rings is 2. The third kappa shape index (κ3) is 6.82. The Labute approximate surface area is 680 Å². The average molecular weight is 1480 g/mol. The Morgan fingerprint density at radius 3 is 1.70 bits per heavy atom. The van der Waals surface area contributed by atoms with E-state index in [2.05, 4.69) is 33.5 Å². The zero-order chi connectivity index (χ0) is 219. The molecule has 1 saturated heterocycles. The van der Waals surface area contributed by atoms with Crippen molar-refractivity contribution in [2.45, 2.75) is 76.0 Å². The van der Waals surface area contributed by atoms with E-state index in [9.17, 15) is 9.59 Å². The summed E-state index contributed by atoms with van der Waals surface area (Å²) in [6.07, 6.45) is 7.36. The summed E-state index contributed by atoms with van der Waals surface area (Å²) in [5, 5.41) is 1.80. The maximum atomic E-state index is 15.2. The quantitative estimate of drug-likeness (QED) is 0.125. The fourth-order valence-corrected chi connectivity index (χ4v) is 12.9. The highest BCUT2D eigenvalue weighted by atomic mass is 19.1. The van der Waals surface area contributed by atoms with Crippen LogP contribution in [-0.4, -0.2) is 53.3 Å². The number of epoxide rings is 1. The van der Waals surface area contributed by atoms with E-state index in [0.717, 1.165) is 61.9 Å². The van der Waals surface area contributed by atoms with Gasteiger partial charge in [-0.2, -0.15) is 0 Å². The van der Waals surface area contributed by atoms with Gasteiger partial charge in [-0.25, -0.2) is 40.1 Å². The molecular formula is C60H216F2N8O3. The topological polar surface area (TPSA) is 133 Å². The normalized spacial score (nSPS) is 35.6. The van der Waals surface area contributed by atoms with Crippen molar-refractivity contribution in [2.24, 2.45) is 23.7 Å². The molecule has 8 atom stereocenters. The molecule has 528 valence electrons. The van der Waals surface area contributed by atoms with Crippen LogP contribution < -0.4 is 0 Å². The molecule has 2 fully saturated rings. The summed E-state index contributed by atoms with van der Waals surface area (Å²) in [4.78, 5) is 62.4. The molecule has 5 aliphatic rings. The minimum absolute atomic E-state index is 0. The molecule has 5 heterocycles. The predicted molar refractivity (Wildman–Crippen MR) is 452 cm³/mol. The fraction of sp³-hybridized carbons (Fsp3) is 0.267. The second-order valence-corrected chi connectivity index (χ2v) is 20.3. The van der Waals surface area contributed by atoms with Gasteiger partial charge in [0, 0.05) is 325 Å². The molecule has 4 aromatic carbocycles. The largest absolute Gasteiger partial charge is 0.424 e. The molecule has 0 amide bonds. The van der Waals surface area contributed by atoms with Crippen LogP contribution in [0, 0.1) is 48.5 Å². The number of rotatable bonds is 4. The van der Waals surface area contributed by atoms with Crippen LogP contribution in [0.25, 0.3) is 76.8 Å². The Morgan fingerprint density at radius 1 is 0.644 bits per heavy atom. The average Bonchev–Trinajstić information content (AvgIpc) is 1.49. The number of allylic oxidation sites excluding steroid dienone is 2. The molecule has 13 heteroatoms. The molecule has 0 unspecified atom stereocenters. The first kappa shape index (κ1) is 10.3. The van der Waals surface area contributed by atoms with E-state index < -0.39 is 22.7 Å². The Hall–Kier alpha value is -8.26. The molecule has 13 rings (SSSR count). The fourth-order valence-electron chi connectivity index (χ4n) is 12.9. The summed E-state index contributed by atoms with van der Waals surface area (Å²) in [6, 6.07) is 32.6. The van der Waals surface area contributed by atoms with E-state index >= 15 is 8.78 Å². The molecule has 4 aromatic heterocycles. The monoisotopic (exact) mass is 1480 g/mol. The van der Waals surface area contributed by atoms with E-state index in [1.165, 1.54) is 12.1 Å². The van der Waals surface area contributed by atoms with Crippen LogP contribution in [0.2, 0.25) is 0 Å². The summed E-state index contributed by atoms with van der Waals surface area (Å²) < 4.78 is 876. The van der Waals surface area contributed by atoms with Gasteiger partial charge in [-0.1, -0.05) is 94.4 Å². The van der Waals surface area contributed by atoms with Crippen molar-refractivity contribution in [3.05, 3.63) is 190 Å². The van der Waals surface area contributed by atoms with Crippen LogP contribution in [-0.2, 0) is 38.0 Å². The standard InChI is InChI=1S/C30H23FN4O2.C30H23FN4O.85H2/c1-16-21-13-12-20-24(19-9-4-6-10-22(19)31)34-27(18-14-15-33-23-11-7-5-8-17(18)23)35-25(20)29(21,2)28-30(32-3,37-28)26(16)36;1-17-22-13-12-21-26(20-9-4-6-10-23(20)31)34-29(19-14-15-33-24-11-7-5-8-18(19)24)35-28(21)30(22,2)16-25(32-3)27(17)36;;;;;;;;;;;;;;;;;;;;;;;;;;;;;;;;;;;;;;;;;;;;;;;;;;;;;;;;;;;;;;;;;;;;;;;;;;;;;;;;;;;;;/h4-11,14-16,21,28H,12-13H2,1-2H3;4-11,14-17,22H,12-13H2,1-2H3;85*1H/t16-,21-,28+,29-,30-;17-,22-,30-;;;;;;;;;;;;;;;;;;;;;;;;;;;;;;;;;;;;;;;;;;;;;;;;;;;;;;;;;;;;;;;;;;;;;;;;;;;;;;;;;;;;;/m11...................................................................................../s1/i;;84*1+2T;1+2. The molecular weight excluding hydrogens is 919 g/mol. The molecule has 8 aromatic rings. The third-order valence-electron chi connectivity index (χ3n) is 16.5. The lowest BCUT2D eigenvalue weighted by atomic mass is 9.55. The number of carbonyl (C=O) groups excluding carboxylic acids is 2. The van der Waals surface area contributed by atoms with Crippen molar-refractivity contribution in [3.63, 3.8) is 0 Å². The van der Waals surface area contributed by atoms with Crippen molar-refractivity contribution in [1.82, 2.24) is 29.9 Å². The summed E-state index contributed by atoms with van der Waals surface area (Å²) in [5.74, 6) is -0.689. The Bertz CT molecular complexity index is 4010. The number of Topliss-reactive ketones (excluding diaryl/α,β-unsaturated/α-hetero) is 2. The molecule has 73 heavy (non-hydrogen) atoms. The molecule has 0 bridgehead atoms. The molecule has 0 spiro atoms. The van der Waals surface area contributed by atoms with Crippen LogP contribution in [0.3, 0.4) is 0 Å². The Balaban J connectivity index is -0.0000000177. The number of para-hydroxylation sites is 2. The van der Waals surface area contributed by atoms with Crippen molar-refractivity contribution in [2.75, 3.05) is 0 Å². The maximum absolute atomic E-state index is 15.2. The van der Waals surface area contributed by atoms with Gasteiger partial charge in [0.25, 0.3) is 5.78 Å². The van der Waals surface area contributed by atoms with E-state index in [1.54, 1.807) is 54.9 Å². The minimum Gasteiger partial charge on any atom is -0.308 e. The first-order valence-electron chi connectivity index (χ1n) is 109. The number of hydrogen-bond donors (Lipinski definition) is 0. The summed E-state index contributed by atoms with van der Waals surface area (Å²) in [5.41, 5.74) is 5.81. The Kier molecular flexibility index (Phi) is 2.39. The molecule has 1 aliphatic heterocycles. The van der Waals surface area contributed by atoms with E-state index in [0.29, 0.717) is 53.4 Å². The summed E-state index contributed by atoms with van der Waals surface area (Å²) in [7, 11) is 0. The lowest BCUT2D eigenvalue weighted by molar-refractivity contribution is -0.130. The van der Waals surface area contributed by atoms with Gasteiger partial charge in [0.1, 0.15) is 11.6 Å². The van der Waals surface area contributed by atoms with Gasteiger partial charge in [-0.05, 0) is 86.1 Å². The third-order valence-corrected chi connectivity index (χ3v) is 16.5. The lowest BCUT2D eigenvalue weighted by Gasteiger charge is -2.46. The number of benzene rings is 4. The number of fused-ring (bicyclic) bond motifs is 10. The Morgan fingerprint density at radius 2 is 1.15 bits per heavy atom. The second kappa shape index (κ2) is 16.9.